The molecule has 2 rings (SSSR count). The molecule has 1 saturated carbocycles. The van der Waals surface area contributed by atoms with Crippen LogP contribution in [0.5, 0.6) is 0 Å². The van der Waals surface area contributed by atoms with Gasteiger partial charge in [0.25, 0.3) is 0 Å². The fraction of sp³-hybridized carbons (Fsp3) is 0.550. The molecule has 0 aromatic heterocycles. The van der Waals surface area contributed by atoms with Crippen molar-refractivity contribution in [2.45, 2.75) is 70.9 Å². The van der Waals surface area contributed by atoms with Crippen LogP contribution >= 0.6 is 0 Å². The van der Waals surface area contributed by atoms with Crippen molar-refractivity contribution < 1.29 is 4.79 Å². The number of hydrogen-bond acceptors (Lipinski definition) is 1. The summed E-state index contributed by atoms with van der Waals surface area (Å²) >= 11 is 0. The molecule has 0 heterocycles. The summed E-state index contributed by atoms with van der Waals surface area (Å²) in [5.41, 5.74) is 2.82. The van der Waals surface area contributed by atoms with Gasteiger partial charge in [0.15, 0.2) is 0 Å². The third-order valence-electron chi connectivity index (χ3n) is 4.69. The summed E-state index contributed by atoms with van der Waals surface area (Å²) in [5.74, 6) is 0. The number of urea groups is 1. The number of rotatable bonds is 4. The molecule has 0 radical (unpaired) electrons. The normalized spacial score (nSPS) is 16.5. The topological polar surface area (TPSA) is 41.1 Å². The summed E-state index contributed by atoms with van der Waals surface area (Å²) in [6.45, 7) is 10.1. The molecule has 23 heavy (non-hydrogen) atoms. The summed E-state index contributed by atoms with van der Waals surface area (Å²) in [7, 11) is 0. The van der Waals surface area contributed by atoms with E-state index in [-0.39, 0.29) is 6.03 Å². The molecule has 3 nitrogen and oxygen atoms in total. The van der Waals surface area contributed by atoms with Gasteiger partial charge >= 0.3 is 6.03 Å². The minimum Gasteiger partial charge on any atom is -0.335 e. The van der Waals surface area contributed by atoms with Crippen LogP contribution in [0.2, 0.25) is 0 Å². The van der Waals surface area contributed by atoms with Gasteiger partial charge in [-0.05, 0) is 50.8 Å². The van der Waals surface area contributed by atoms with Crippen LogP contribution in [-0.2, 0) is 5.54 Å². The first-order chi connectivity index (χ1) is 10.9. The fourth-order valence-electron chi connectivity index (χ4n) is 3.17. The van der Waals surface area contributed by atoms with E-state index in [4.69, 9.17) is 0 Å². The molecule has 3 heteroatoms. The second kappa shape index (κ2) is 7.67. The molecule has 0 atom stereocenters. The van der Waals surface area contributed by atoms with Gasteiger partial charge in [-0.1, -0.05) is 56.0 Å². The Morgan fingerprint density at radius 2 is 1.83 bits per heavy atom. The zero-order chi connectivity index (χ0) is 16.9. The number of carbonyl (C=O) groups excluding carboxylic acids is 1. The van der Waals surface area contributed by atoms with Crippen molar-refractivity contribution in [2.75, 3.05) is 0 Å². The van der Waals surface area contributed by atoms with Crippen LogP contribution < -0.4 is 10.6 Å². The number of hydrogen-bond donors (Lipinski definition) is 2. The van der Waals surface area contributed by atoms with Gasteiger partial charge in [-0.3, -0.25) is 0 Å². The van der Waals surface area contributed by atoms with Crippen molar-refractivity contribution in [3.8, 4) is 0 Å². The van der Waals surface area contributed by atoms with Gasteiger partial charge < -0.3 is 10.6 Å². The standard InChI is InChI=1S/C20H30N2O/c1-15(2)16-10-9-11-17(14-16)20(3,4)22-19(23)21-18-12-7-5-6-8-13-18/h9-11,14,18H,1,5-8,12-13H2,2-4H3,(H2,21,22,23). The highest BCUT2D eigenvalue weighted by Gasteiger charge is 2.24. The van der Waals surface area contributed by atoms with Gasteiger partial charge in [-0.2, -0.15) is 0 Å². The average molecular weight is 314 g/mol. The highest BCUT2D eigenvalue weighted by Crippen LogP contribution is 2.24. The quantitative estimate of drug-likeness (QED) is 0.756. The Balaban J connectivity index is 2.00. The van der Waals surface area contributed by atoms with Gasteiger partial charge in [0.2, 0.25) is 0 Å². The Hall–Kier alpha value is -1.77. The Morgan fingerprint density at radius 3 is 2.43 bits per heavy atom. The number of benzene rings is 1. The van der Waals surface area contributed by atoms with Crippen LogP contribution in [-0.4, -0.2) is 12.1 Å². The van der Waals surface area contributed by atoms with Crippen LogP contribution in [0, 0.1) is 0 Å². The monoisotopic (exact) mass is 314 g/mol. The highest BCUT2D eigenvalue weighted by atomic mass is 16.2. The minimum absolute atomic E-state index is 0.0670. The van der Waals surface area contributed by atoms with E-state index in [1.54, 1.807) is 0 Å². The molecule has 0 spiro atoms. The van der Waals surface area contributed by atoms with E-state index < -0.39 is 5.54 Å². The first-order valence-corrected chi connectivity index (χ1v) is 8.73. The predicted molar refractivity (Wildman–Crippen MR) is 97.3 cm³/mol. The summed E-state index contributed by atoms with van der Waals surface area (Å²) in [4.78, 5) is 12.4. The summed E-state index contributed by atoms with van der Waals surface area (Å²) in [5, 5.41) is 6.28. The minimum atomic E-state index is -0.416. The average Bonchev–Trinajstić information content (AvgIpc) is 2.75. The lowest BCUT2D eigenvalue weighted by molar-refractivity contribution is 0.224. The molecule has 1 aliphatic rings. The van der Waals surface area contributed by atoms with E-state index in [0.717, 1.165) is 29.5 Å². The van der Waals surface area contributed by atoms with Gasteiger partial charge in [-0.15, -0.1) is 0 Å². The molecule has 0 saturated heterocycles. The van der Waals surface area contributed by atoms with E-state index >= 15 is 0 Å². The van der Waals surface area contributed by atoms with E-state index in [1.807, 2.05) is 32.9 Å². The third kappa shape index (κ3) is 5.12. The number of carbonyl (C=O) groups is 1. The van der Waals surface area contributed by atoms with E-state index in [2.05, 4.69) is 29.3 Å². The van der Waals surface area contributed by atoms with E-state index in [9.17, 15) is 4.79 Å². The molecule has 1 aromatic rings. The summed E-state index contributed by atoms with van der Waals surface area (Å²) in [6.07, 6.45) is 7.21. The van der Waals surface area contributed by atoms with Crippen LogP contribution in [0.3, 0.4) is 0 Å². The van der Waals surface area contributed by atoms with Crippen molar-refractivity contribution >= 4 is 11.6 Å². The number of amides is 2. The second-order valence-corrected chi connectivity index (χ2v) is 7.27. The number of nitrogens with one attached hydrogen (secondary N) is 2. The lowest BCUT2D eigenvalue weighted by Gasteiger charge is -2.29. The Kier molecular flexibility index (Phi) is 5.86. The van der Waals surface area contributed by atoms with Crippen molar-refractivity contribution in [1.29, 1.82) is 0 Å². The molecule has 1 aromatic carbocycles. The Bertz CT molecular complexity index is 555. The second-order valence-electron chi connectivity index (χ2n) is 7.27. The molecule has 0 bridgehead atoms. The van der Waals surface area contributed by atoms with Gasteiger partial charge in [-0.25, -0.2) is 4.79 Å². The fourth-order valence-corrected chi connectivity index (χ4v) is 3.17. The van der Waals surface area contributed by atoms with Crippen molar-refractivity contribution in [1.82, 2.24) is 10.6 Å². The molecule has 0 unspecified atom stereocenters. The van der Waals surface area contributed by atoms with Gasteiger partial charge in [0.05, 0.1) is 5.54 Å². The molecular formula is C20H30N2O. The molecular weight excluding hydrogens is 284 g/mol. The molecule has 1 aliphatic carbocycles. The van der Waals surface area contributed by atoms with Gasteiger partial charge in [0.1, 0.15) is 0 Å². The van der Waals surface area contributed by atoms with Crippen molar-refractivity contribution in [3.05, 3.63) is 42.0 Å². The lowest BCUT2D eigenvalue weighted by Crippen LogP contribution is -2.49. The number of allylic oxidation sites excluding steroid dienone is 1. The summed E-state index contributed by atoms with van der Waals surface area (Å²) in [6, 6.07) is 8.48. The smallest absolute Gasteiger partial charge is 0.315 e. The summed E-state index contributed by atoms with van der Waals surface area (Å²) < 4.78 is 0. The molecule has 0 aliphatic heterocycles. The maximum absolute atomic E-state index is 12.4. The third-order valence-corrected chi connectivity index (χ3v) is 4.69. The SMILES string of the molecule is C=C(C)c1cccc(C(C)(C)NC(=O)NC2CCCCCC2)c1. The predicted octanol–water partition coefficient (Wildman–Crippen LogP) is 4.98. The van der Waals surface area contributed by atoms with Gasteiger partial charge in [0, 0.05) is 6.04 Å². The first kappa shape index (κ1) is 17.6. The van der Waals surface area contributed by atoms with Crippen LogP contribution in [0.15, 0.2) is 30.8 Å². The molecule has 1 fully saturated rings. The van der Waals surface area contributed by atoms with Crippen molar-refractivity contribution in [3.63, 3.8) is 0 Å². The maximum atomic E-state index is 12.4. The zero-order valence-electron chi connectivity index (χ0n) is 14.7. The van der Waals surface area contributed by atoms with Crippen LogP contribution in [0.25, 0.3) is 5.57 Å². The largest absolute Gasteiger partial charge is 0.335 e. The van der Waals surface area contributed by atoms with E-state index in [1.165, 1.54) is 25.7 Å². The van der Waals surface area contributed by atoms with Crippen molar-refractivity contribution in [2.24, 2.45) is 0 Å². The molecule has 2 N–H and O–H groups in total. The first-order valence-electron chi connectivity index (χ1n) is 8.73. The Morgan fingerprint density at radius 1 is 1.17 bits per heavy atom. The lowest BCUT2D eigenvalue weighted by atomic mass is 9.92. The Labute approximate surface area is 140 Å². The van der Waals surface area contributed by atoms with Crippen LogP contribution in [0.4, 0.5) is 4.79 Å². The van der Waals surface area contributed by atoms with Crippen LogP contribution in [0.1, 0.15) is 70.4 Å². The molecule has 2 amide bonds. The highest BCUT2D eigenvalue weighted by molar-refractivity contribution is 5.75. The molecule has 126 valence electrons. The maximum Gasteiger partial charge on any atom is 0.315 e. The van der Waals surface area contributed by atoms with E-state index in [0.29, 0.717) is 6.04 Å². The zero-order valence-corrected chi connectivity index (χ0v) is 14.7.